The maximum atomic E-state index is 13.0. The highest BCUT2D eigenvalue weighted by Crippen LogP contribution is 2.52. The monoisotopic (exact) mass is 386 g/mol. The van der Waals surface area contributed by atoms with Gasteiger partial charge in [-0.25, -0.2) is 4.98 Å². The molecule has 28 heavy (non-hydrogen) atoms. The van der Waals surface area contributed by atoms with E-state index >= 15 is 0 Å². The SMILES string of the molecule is CCCCN(CCC(=O)N1CC2(C)CC1CC(C)(C)C2)C(=O)c1cnccn1. The number of unbranched alkanes of at least 4 members (excludes halogenated alkanes) is 1. The summed E-state index contributed by atoms with van der Waals surface area (Å²) in [6.45, 7) is 11.0. The molecule has 154 valence electrons. The standard InChI is InChI=1S/C22H34N4O2/c1-5-6-10-25(20(28)18-14-23-8-9-24-18)11-7-19(27)26-16-22(4)13-17(26)12-21(2,3)15-22/h8-9,14,17H,5-7,10-13,15-16H2,1-4H3. The van der Waals surface area contributed by atoms with E-state index in [-0.39, 0.29) is 17.2 Å². The molecule has 1 aliphatic carbocycles. The zero-order chi connectivity index (χ0) is 20.4. The van der Waals surface area contributed by atoms with Crippen LogP contribution in [0.25, 0.3) is 0 Å². The van der Waals surface area contributed by atoms with Gasteiger partial charge >= 0.3 is 0 Å². The van der Waals surface area contributed by atoms with Crippen LogP contribution in [0, 0.1) is 10.8 Å². The van der Waals surface area contributed by atoms with Crippen LogP contribution in [0.4, 0.5) is 0 Å². The fraction of sp³-hybridized carbons (Fsp3) is 0.727. The predicted octanol–water partition coefficient (Wildman–Crippen LogP) is 3.54. The molecule has 0 radical (unpaired) electrons. The summed E-state index contributed by atoms with van der Waals surface area (Å²) in [6.07, 6.45) is 10.2. The van der Waals surface area contributed by atoms with Crippen molar-refractivity contribution in [1.82, 2.24) is 19.8 Å². The van der Waals surface area contributed by atoms with Gasteiger partial charge < -0.3 is 9.80 Å². The van der Waals surface area contributed by atoms with Gasteiger partial charge in [0.05, 0.1) is 6.20 Å². The van der Waals surface area contributed by atoms with E-state index in [0.29, 0.717) is 36.7 Å². The number of nitrogens with zero attached hydrogens (tertiary/aromatic N) is 4. The van der Waals surface area contributed by atoms with Crippen LogP contribution < -0.4 is 0 Å². The first kappa shape index (κ1) is 20.7. The van der Waals surface area contributed by atoms with Crippen molar-refractivity contribution in [3.8, 4) is 0 Å². The number of fused-ring (bicyclic) bond motifs is 2. The third-order valence-corrected chi connectivity index (χ3v) is 6.18. The molecule has 1 saturated heterocycles. The van der Waals surface area contributed by atoms with E-state index in [2.05, 4.69) is 42.6 Å². The minimum atomic E-state index is -0.136. The Morgan fingerprint density at radius 3 is 2.68 bits per heavy atom. The van der Waals surface area contributed by atoms with E-state index in [1.807, 2.05) is 0 Å². The molecule has 0 aromatic carbocycles. The molecule has 6 heteroatoms. The number of carbonyl (C=O) groups excluding carboxylic acids is 2. The van der Waals surface area contributed by atoms with Crippen molar-refractivity contribution >= 4 is 11.8 Å². The molecule has 1 aromatic rings. The third-order valence-electron chi connectivity index (χ3n) is 6.18. The normalized spacial score (nSPS) is 25.6. The van der Waals surface area contributed by atoms with Crippen LogP contribution in [-0.2, 0) is 4.79 Å². The second-order valence-corrected chi connectivity index (χ2v) is 9.72. The van der Waals surface area contributed by atoms with Crippen molar-refractivity contribution in [1.29, 1.82) is 0 Å². The molecule has 1 aromatic heterocycles. The third kappa shape index (κ3) is 4.70. The quantitative estimate of drug-likeness (QED) is 0.719. The van der Waals surface area contributed by atoms with Crippen LogP contribution in [-0.4, -0.2) is 57.3 Å². The Kier molecular flexibility index (Phi) is 6.06. The van der Waals surface area contributed by atoms with Gasteiger partial charge in [-0.3, -0.25) is 14.6 Å². The molecule has 6 nitrogen and oxygen atoms in total. The summed E-state index contributed by atoms with van der Waals surface area (Å²) >= 11 is 0. The van der Waals surface area contributed by atoms with Crippen molar-refractivity contribution in [2.24, 2.45) is 10.8 Å². The molecule has 1 saturated carbocycles. The molecule has 2 atom stereocenters. The first-order chi connectivity index (χ1) is 13.2. The van der Waals surface area contributed by atoms with E-state index < -0.39 is 0 Å². The van der Waals surface area contributed by atoms with Gasteiger partial charge in [-0.05, 0) is 36.5 Å². The Hall–Kier alpha value is -1.98. The zero-order valence-corrected chi connectivity index (χ0v) is 17.8. The van der Waals surface area contributed by atoms with Crippen LogP contribution in [0.2, 0.25) is 0 Å². The summed E-state index contributed by atoms with van der Waals surface area (Å²) in [6, 6.07) is 0.348. The Morgan fingerprint density at radius 2 is 2.00 bits per heavy atom. The zero-order valence-electron chi connectivity index (χ0n) is 17.8. The lowest BCUT2D eigenvalue weighted by molar-refractivity contribution is -0.132. The highest BCUT2D eigenvalue weighted by atomic mass is 16.2. The average molecular weight is 387 g/mol. The number of rotatable bonds is 7. The van der Waals surface area contributed by atoms with E-state index in [1.165, 1.54) is 18.8 Å². The molecular weight excluding hydrogens is 352 g/mol. The van der Waals surface area contributed by atoms with Crippen molar-refractivity contribution < 1.29 is 9.59 Å². The highest BCUT2D eigenvalue weighted by Gasteiger charge is 2.50. The molecule has 1 aliphatic heterocycles. The van der Waals surface area contributed by atoms with Gasteiger partial charge in [0.2, 0.25) is 5.91 Å². The van der Waals surface area contributed by atoms with Gasteiger partial charge in [0, 0.05) is 44.5 Å². The fourth-order valence-corrected chi connectivity index (χ4v) is 5.36. The Labute approximate surface area is 168 Å². The maximum Gasteiger partial charge on any atom is 0.274 e. The second kappa shape index (κ2) is 8.18. The minimum Gasteiger partial charge on any atom is -0.339 e. The largest absolute Gasteiger partial charge is 0.339 e. The van der Waals surface area contributed by atoms with Crippen molar-refractivity contribution in [3.63, 3.8) is 0 Å². The highest BCUT2D eigenvalue weighted by molar-refractivity contribution is 5.92. The Bertz CT molecular complexity index is 706. The summed E-state index contributed by atoms with van der Waals surface area (Å²) in [5, 5.41) is 0. The molecule has 3 rings (SSSR count). The summed E-state index contributed by atoms with van der Waals surface area (Å²) in [4.78, 5) is 37.8. The molecule has 0 N–H and O–H groups in total. The molecular formula is C22H34N4O2. The molecule has 2 fully saturated rings. The predicted molar refractivity (Wildman–Crippen MR) is 109 cm³/mol. The topological polar surface area (TPSA) is 66.4 Å². The lowest BCUT2D eigenvalue weighted by Gasteiger charge is -2.39. The summed E-state index contributed by atoms with van der Waals surface area (Å²) in [5.74, 6) is 0.0440. The molecule has 2 heterocycles. The average Bonchev–Trinajstić information content (AvgIpc) is 2.90. The summed E-state index contributed by atoms with van der Waals surface area (Å²) in [7, 11) is 0. The van der Waals surface area contributed by atoms with Crippen molar-refractivity contribution in [2.75, 3.05) is 19.6 Å². The molecule has 2 bridgehead atoms. The number of amides is 2. The van der Waals surface area contributed by atoms with Gasteiger partial charge in [-0.2, -0.15) is 0 Å². The van der Waals surface area contributed by atoms with Crippen LogP contribution in [0.1, 0.15) is 76.7 Å². The van der Waals surface area contributed by atoms with Gasteiger partial charge in [0.25, 0.3) is 5.91 Å². The lowest BCUT2D eigenvalue weighted by Crippen LogP contribution is -2.40. The van der Waals surface area contributed by atoms with Crippen LogP contribution >= 0.6 is 0 Å². The molecule has 2 amide bonds. The van der Waals surface area contributed by atoms with Crippen LogP contribution in [0.3, 0.4) is 0 Å². The number of hydrogen-bond acceptors (Lipinski definition) is 4. The maximum absolute atomic E-state index is 13.0. The van der Waals surface area contributed by atoms with E-state index in [1.54, 1.807) is 11.1 Å². The summed E-state index contributed by atoms with van der Waals surface area (Å²) in [5.41, 5.74) is 0.874. The smallest absolute Gasteiger partial charge is 0.274 e. The van der Waals surface area contributed by atoms with Gasteiger partial charge in [-0.15, -0.1) is 0 Å². The van der Waals surface area contributed by atoms with Gasteiger partial charge in [-0.1, -0.05) is 34.1 Å². The Balaban J connectivity index is 1.63. The Morgan fingerprint density at radius 1 is 1.21 bits per heavy atom. The lowest BCUT2D eigenvalue weighted by atomic mass is 9.65. The van der Waals surface area contributed by atoms with Gasteiger partial charge in [0.1, 0.15) is 5.69 Å². The fourth-order valence-electron chi connectivity index (χ4n) is 5.36. The van der Waals surface area contributed by atoms with Crippen LogP contribution in [0.15, 0.2) is 18.6 Å². The number of aromatic nitrogens is 2. The van der Waals surface area contributed by atoms with Crippen LogP contribution in [0.5, 0.6) is 0 Å². The first-order valence-corrected chi connectivity index (χ1v) is 10.6. The molecule has 2 aliphatic rings. The van der Waals surface area contributed by atoms with E-state index in [9.17, 15) is 9.59 Å². The van der Waals surface area contributed by atoms with E-state index in [0.717, 1.165) is 32.2 Å². The summed E-state index contributed by atoms with van der Waals surface area (Å²) < 4.78 is 0. The van der Waals surface area contributed by atoms with Crippen molar-refractivity contribution in [2.45, 2.75) is 72.3 Å². The molecule has 0 spiro atoms. The number of hydrogen-bond donors (Lipinski definition) is 0. The number of likely N-dealkylation sites (tertiary alicyclic amines) is 1. The first-order valence-electron chi connectivity index (χ1n) is 10.6. The van der Waals surface area contributed by atoms with E-state index in [4.69, 9.17) is 0 Å². The second-order valence-electron chi connectivity index (χ2n) is 9.72. The van der Waals surface area contributed by atoms with Crippen molar-refractivity contribution in [3.05, 3.63) is 24.3 Å². The number of carbonyl (C=O) groups is 2. The molecule has 2 unspecified atom stereocenters. The minimum absolute atomic E-state index is 0.136. The van der Waals surface area contributed by atoms with Gasteiger partial charge in [0.15, 0.2) is 0 Å².